The zero-order valence-corrected chi connectivity index (χ0v) is 9.95. The third-order valence-electron chi connectivity index (χ3n) is 2.71. The molecule has 0 spiro atoms. The maximum Gasteiger partial charge on any atom is 0.103 e. The minimum atomic E-state index is 1.04. The summed E-state index contributed by atoms with van der Waals surface area (Å²) in [6.45, 7) is 0. The number of nitrogens with zero attached hydrogens (tertiary/aromatic N) is 2. The van der Waals surface area contributed by atoms with E-state index in [9.17, 15) is 0 Å². The Hall–Kier alpha value is -0.840. The van der Waals surface area contributed by atoms with E-state index in [1.165, 1.54) is 26.1 Å². The summed E-state index contributed by atoms with van der Waals surface area (Å²) in [6, 6.07) is 8.52. The molecule has 1 heterocycles. The molecule has 1 aliphatic carbocycles. The van der Waals surface area contributed by atoms with Crippen molar-refractivity contribution in [1.82, 2.24) is 9.78 Å². The average molecular weight is 296 g/mol. The Kier molecular flexibility index (Phi) is 1.71. The molecule has 0 atom stereocenters. The smallest absolute Gasteiger partial charge is 0.103 e. The number of hydrogen-bond donors (Lipinski definition) is 0. The van der Waals surface area contributed by atoms with Crippen molar-refractivity contribution in [1.29, 1.82) is 0 Å². The highest BCUT2D eigenvalue weighted by Gasteiger charge is 2.24. The minimum absolute atomic E-state index is 1.04. The van der Waals surface area contributed by atoms with Crippen molar-refractivity contribution in [3.8, 4) is 11.3 Å². The van der Waals surface area contributed by atoms with Gasteiger partial charge < -0.3 is 0 Å². The lowest BCUT2D eigenvalue weighted by molar-refractivity contribution is 0.747. The van der Waals surface area contributed by atoms with Gasteiger partial charge in [0.05, 0.1) is 5.69 Å². The minimum Gasteiger partial charge on any atom is -0.262 e. The van der Waals surface area contributed by atoms with E-state index >= 15 is 0 Å². The van der Waals surface area contributed by atoms with Gasteiger partial charge in [-0.15, -0.1) is 0 Å². The highest BCUT2D eigenvalue weighted by Crippen LogP contribution is 2.37. The van der Waals surface area contributed by atoms with Crippen LogP contribution in [0.2, 0.25) is 0 Å². The molecule has 0 saturated carbocycles. The average Bonchev–Trinajstić information content (AvgIpc) is 2.67. The molecule has 0 N–H and O–H groups in total. The molecule has 3 rings (SSSR count). The molecule has 70 valence electrons. The third-order valence-corrected chi connectivity index (χ3v) is 4.06. The summed E-state index contributed by atoms with van der Waals surface area (Å²) in [5, 5.41) is 4.54. The molecule has 0 aliphatic heterocycles. The van der Waals surface area contributed by atoms with E-state index in [0.29, 0.717) is 0 Å². The maximum absolute atomic E-state index is 4.54. The lowest BCUT2D eigenvalue weighted by Gasteiger charge is -1.98. The predicted octanol–water partition coefficient (Wildman–Crippen LogP) is 2.60. The molecule has 2 aromatic rings. The lowest BCUT2D eigenvalue weighted by atomic mass is 10.1. The van der Waals surface area contributed by atoms with Gasteiger partial charge in [-0.25, -0.2) is 0 Å². The normalized spacial score (nSPS) is 12.7. The van der Waals surface area contributed by atoms with Crippen molar-refractivity contribution in [2.45, 2.75) is 6.42 Å². The number of aryl methyl sites for hydroxylation is 1. The van der Waals surface area contributed by atoms with E-state index in [2.05, 4.69) is 52.0 Å². The molecule has 0 fully saturated rings. The molecule has 0 unspecified atom stereocenters. The monoisotopic (exact) mass is 296 g/mol. The predicted molar refractivity (Wildman–Crippen MR) is 64.2 cm³/mol. The van der Waals surface area contributed by atoms with Gasteiger partial charge in [0, 0.05) is 24.6 Å². The van der Waals surface area contributed by atoms with Crippen molar-refractivity contribution in [2.24, 2.45) is 7.05 Å². The van der Waals surface area contributed by atoms with E-state index < -0.39 is 0 Å². The number of benzene rings is 1. The Balaban J connectivity index is 2.31. The number of hydrogen-bond acceptors (Lipinski definition) is 1. The number of fused-ring (bicyclic) bond motifs is 3. The molecule has 0 bridgehead atoms. The van der Waals surface area contributed by atoms with Crippen LogP contribution in [0.3, 0.4) is 0 Å². The van der Waals surface area contributed by atoms with E-state index in [1.54, 1.807) is 0 Å². The zero-order valence-electron chi connectivity index (χ0n) is 7.79. The summed E-state index contributed by atoms with van der Waals surface area (Å²) in [5.41, 5.74) is 5.27. The third kappa shape index (κ3) is 0.987. The van der Waals surface area contributed by atoms with Crippen molar-refractivity contribution < 1.29 is 0 Å². The van der Waals surface area contributed by atoms with Crippen LogP contribution in [-0.4, -0.2) is 9.78 Å². The van der Waals surface area contributed by atoms with Gasteiger partial charge >= 0.3 is 0 Å². The summed E-state index contributed by atoms with van der Waals surface area (Å²) in [5.74, 6) is 0. The number of halogens is 1. The molecule has 1 aliphatic rings. The number of rotatable bonds is 0. The molecule has 0 amide bonds. The quantitative estimate of drug-likeness (QED) is 0.583. The first kappa shape index (κ1) is 8.47. The van der Waals surface area contributed by atoms with Crippen LogP contribution in [0.4, 0.5) is 0 Å². The summed E-state index contributed by atoms with van der Waals surface area (Å²) < 4.78 is 3.22. The molecular weight excluding hydrogens is 287 g/mol. The van der Waals surface area contributed by atoms with Gasteiger partial charge in [0.2, 0.25) is 0 Å². The van der Waals surface area contributed by atoms with Crippen LogP contribution in [0.15, 0.2) is 24.3 Å². The second-order valence-electron chi connectivity index (χ2n) is 3.58. The zero-order chi connectivity index (χ0) is 9.71. The standard InChI is InChI=1S/C11H9IN2/c1-14-11(12)9-6-7-4-2-3-5-8(7)10(9)13-14/h2-5H,6H2,1H3. The van der Waals surface area contributed by atoms with Gasteiger partial charge in [0.25, 0.3) is 0 Å². The fourth-order valence-corrected chi connectivity index (χ4v) is 2.57. The van der Waals surface area contributed by atoms with Crippen LogP contribution >= 0.6 is 22.6 Å². The Morgan fingerprint density at radius 3 is 3.00 bits per heavy atom. The van der Waals surface area contributed by atoms with Gasteiger partial charge in [-0.1, -0.05) is 24.3 Å². The van der Waals surface area contributed by atoms with Crippen molar-refractivity contribution >= 4 is 22.6 Å². The molecule has 3 heteroatoms. The van der Waals surface area contributed by atoms with Crippen LogP contribution < -0.4 is 0 Å². The van der Waals surface area contributed by atoms with Gasteiger partial charge in [-0.3, -0.25) is 4.68 Å². The van der Waals surface area contributed by atoms with Crippen LogP contribution in [0.5, 0.6) is 0 Å². The second kappa shape index (κ2) is 2.82. The molecular formula is C11H9IN2. The van der Waals surface area contributed by atoms with Crippen molar-refractivity contribution in [2.75, 3.05) is 0 Å². The highest BCUT2D eigenvalue weighted by atomic mass is 127. The van der Waals surface area contributed by atoms with Crippen molar-refractivity contribution in [3.63, 3.8) is 0 Å². The molecule has 1 aromatic carbocycles. The topological polar surface area (TPSA) is 17.8 Å². The van der Waals surface area contributed by atoms with Crippen LogP contribution in [0.25, 0.3) is 11.3 Å². The van der Waals surface area contributed by atoms with E-state index in [4.69, 9.17) is 0 Å². The van der Waals surface area contributed by atoms with Gasteiger partial charge in [0.1, 0.15) is 3.70 Å². The fraction of sp³-hybridized carbons (Fsp3) is 0.182. The summed E-state index contributed by atoms with van der Waals surface area (Å²) in [6.07, 6.45) is 1.04. The van der Waals surface area contributed by atoms with Crippen molar-refractivity contribution in [3.05, 3.63) is 39.1 Å². The van der Waals surface area contributed by atoms with Crippen LogP contribution in [0, 0.1) is 3.70 Å². The molecule has 0 saturated heterocycles. The first-order valence-corrected chi connectivity index (χ1v) is 5.65. The van der Waals surface area contributed by atoms with Gasteiger partial charge in [0.15, 0.2) is 0 Å². The second-order valence-corrected chi connectivity index (χ2v) is 4.60. The first-order valence-electron chi connectivity index (χ1n) is 4.57. The van der Waals surface area contributed by atoms with Gasteiger partial charge in [-0.05, 0) is 28.2 Å². The largest absolute Gasteiger partial charge is 0.262 e. The number of aromatic nitrogens is 2. The van der Waals surface area contributed by atoms with Crippen LogP contribution in [0.1, 0.15) is 11.1 Å². The van der Waals surface area contributed by atoms with E-state index in [-0.39, 0.29) is 0 Å². The first-order chi connectivity index (χ1) is 6.77. The maximum atomic E-state index is 4.54. The molecule has 14 heavy (non-hydrogen) atoms. The Labute approximate surface area is 96.1 Å². The molecule has 2 nitrogen and oxygen atoms in total. The SMILES string of the molecule is Cn1nc2c(c1I)Cc1ccccc1-2. The Morgan fingerprint density at radius 2 is 2.14 bits per heavy atom. The lowest BCUT2D eigenvalue weighted by Crippen LogP contribution is -1.95. The Bertz CT molecular complexity index is 514. The highest BCUT2D eigenvalue weighted by molar-refractivity contribution is 14.1. The fourth-order valence-electron chi connectivity index (χ4n) is 2.02. The van der Waals surface area contributed by atoms with E-state index in [0.717, 1.165) is 6.42 Å². The molecule has 0 radical (unpaired) electrons. The van der Waals surface area contributed by atoms with Gasteiger partial charge in [-0.2, -0.15) is 5.10 Å². The summed E-state index contributed by atoms with van der Waals surface area (Å²) in [4.78, 5) is 0. The van der Waals surface area contributed by atoms with Crippen LogP contribution in [-0.2, 0) is 13.5 Å². The van der Waals surface area contributed by atoms with E-state index in [1.807, 2.05) is 11.7 Å². The molecule has 1 aromatic heterocycles. The summed E-state index contributed by atoms with van der Waals surface area (Å²) >= 11 is 2.36. The Morgan fingerprint density at radius 1 is 1.36 bits per heavy atom. The summed E-state index contributed by atoms with van der Waals surface area (Å²) in [7, 11) is 2.00.